The van der Waals surface area contributed by atoms with E-state index in [0.717, 1.165) is 5.56 Å². The molecular formula is C27H33NO11. The maximum atomic E-state index is 12.9. The summed E-state index contributed by atoms with van der Waals surface area (Å²) >= 11 is 0. The quantitative estimate of drug-likeness (QED) is 0.317. The first-order valence-electron chi connectivity index (χ1n) is 12.4. The van der Waals surface area contributed by atoms with Crippen molar-refractivity contribution in [3.05, 3.63) is 45.6 Å². The number of carbonyl (C=O) groups excluding carboxylic acids is 1. The number of amides is 1. The van der Waals surface area contributed by atoms with Gasteiger partial charge in [-0.05, 0) is 47.7 Å². The standard InChI is InChI=1S/C27H33NO11/c1-12(30)28-16-7-5-13-9-19(38-27-24(34)23(33)22(32)20(11-29)39-27)25(36-3)26(37-4)21(13)14-6-8-18(35-2)17(31)10-15(14)16/h6,8-10,16,20,22-24,27,29,32-34H,5,7,11H2,1-4H3,(H,28,30)/t16-,20?,22+,23+,24?,27+/m0/s1. The summed E-state index contributed by atoms with van der Waals surface area (Å²) in [5.74, 6) is 0.368. The molecule has 12 heteroatoms. The lowest BCUT2D eigenvalue weighted by Crippen LogP contribution is -2.60. The number of aryl methyl sites for hydroxylation is 1. The van der Waals surface area contributed by atoms with E-state index in [2.05, 4.69) is 5.32 Å². The highest BCUT2D eigenvalue weighted by molar-refractivity contribution is 5.83. The van der Waals surface area contributed by atoms with E-state index in [0.29, 0.717) is 29.5 Å². The Bertz CT molecular complexity index is 1280. The minimum absolute atomic E-state index is 0.111. The molecule has 2 unspecified atom stereocenters. The highest BCUT2D eigenvalue weighted by Gasteiger charge is 2.45. The number of aliphatic hydroxyl groups is 4. The van der Waals surface area contributed by atoms with Crippen molar-refractivity contribution in [1.82, 2.24) is 5.32 Å². The summed E-state index contributed by atoms with van der Waals surface area (Å²) in [6, 6.07) is 5.87. The van der Waals surface area contributed by atoms with Crippen molar-refractivity contribution < 1.29 is 48.9 Å². The van der Waals surface area contributed by atoms with Gasteiger partial charge in [0.25, 0.3) is 0 Å². The fourth-order valence-corrected chi connectivity index (χ4v) is 5.09. The maximum absolute atomic E-state index is 12.9. The van der Waals surface area contributed by atoms with Crippen molar-refractivity contribution in [3.8, 4) is 34.1 Å². The van der Waals surface area contributed by atoms with Gasteiger partial charge in [-0.2, -0.15) is 0 Å². The van der Waals surface area contributed by atoms with Gasteiger partial charge in [0.2, 0.25) is 23.4 Å². The van der Waals surface area contributed by atoms with Gasteiger partial charge in [-0.15, -0.1) is 0 Å². The van der Waals surface area contributed by atoms with Crippen LogP contribution >= 0.6 is 0 Å². The second-order valence-corrected chi connectivity index (χ2v) is 9.36. The molecule has 2 aromatic carbocycles. The third kappa shape index (κ3) is 5.38. The van der Waals surface area contributed by atoms with Crippen molar-refractivity contribution in [2.24, 2.45) is 0 Å². The zero-order valence-corrected chi connectivity index (χ0v) is 22.0. The first-order valence-corrected chi connectivity index (χ1v) is 12.4. The van der Waals surface area contributed by atoms with Crippen molar-refractivity contribution in [2.45, 2.75) is 56.5 Å². The molecule has 4 rings (SSSR count). The van der Waals surface area contributed by atoms with Crippen LogP contribution in [-0.2, 0) is 16.0 Å². The van der Waals surface area contributed by atoms with Gasteiger partial charge >= 0.3 is 0 Å². The molecule has 1 heterocycles. The Kier molecular flexibility index (Phi) is 8.62. The Morgan fingerprint density at radius 2 is 1.72 bits per heavy atom. The number of hydrogen-bond donors (Lipinski definition) is 5. The van der Waals surface area contributed by atoms with Gasteiger partial charge in [0, 0.05) is 12.5 Å². The minimum atomic E-state index is -1.64. The van der Waals surface area contributed by atoms with E-state index in [1.807, 2.05) is 0 Å². The van der Waals surface area contributed by atoms with E-state index in [1.165, 1.54) is 34.3 Å². The van der Waals surface area contributed by atoms with E-state index in [9.17, 15) is 30.0 Å². The number of fused-ring (bicyclic) bond motifs is 3. The molecule has 1 aliphatic carbocycles. The zero-order chi connectivity index (χ0) is 28.4. The lowest BCUT2D eigenvalue weighted by atomic mass is 9.95. The minimum Gasteiger partial charge on any atom is -0.493 e. The van der Waals surface area contributed by atoms with E-state index < -0.39 is 43.4 Å². The fourth-order valence-electron chi connectivity index (χ4n) is 5.09. The van der Waals surface area contributed by atoms with Crippen LogP contribution < -0.4 is 29.7 Å². The number of nitrogens with one attached hydrogen (secondary N) is 1. The molecule has 1 amide bonds. The number of hydrogen-bond acceptors (Lipinski definition) is 11. The normalized spacial score (nSPS) is 25.9. The third-order valence-corrected chi connectivity index (χ3v) is 6.97. The molecule has 1 saturated heterocycles. The fraction of sp³-hybridized carbons (Fsp3) is 0.481. The van der Waals surface area contributed by atoms with E-state index >= 15 is 0 Å². The first kappa shape index (κ1) is 28.6. The maximum Gasteiger partial charge on any atom is 0.229 e. The number of carbonyl (C=O) groups is 1. The zero-order valence-electron chi connectivity index (χ0n) is 22.0. The summed E-state index contributed by atoms with van der Waals surface area (Å²) in [4.78, 5) is 24.9. The molecule has 0 spiro atoms. The summed E-state index contributed by atoms with van der Waals surface area (Å²) in [5, 5.41) is 43.3. The number of rotatable bonds is 7. The van der Waals surface area contributed by atoms with Gasteiger partial charge in [-0.1, -0.05) is 6.07 Å². The van der Waals surface area contributed by atoms with Gasteiger partial charge < -0.3 is 49.4 Å². The monoisotopic (exact) mass is 547 g/mol. The van der Waals surface area contributed by atoms with Crippen LogP contribution in [0.15, 0.2) is 29.1 Å². The molecule has 39 heavy (non-hydrogen) atoms. The van der Waals surface area contributed by atoms with Crippen molar-refractivity contribution in [2.75, 3.05) is 27.9 Å². The molecule has 0 saturated carbocycles. The second kappa shape index (κ2) is 11.8. The van der Waals surface area contributed by atoms with Gasteiger partial charge in [0.05, 0.1) is 34.0 Å². The predicted octanol–water partition coefficient (Wildman–Crippen LogP) is 0.0417. The predicted molar refractivity (Wildman–Crippen MR) is 137 cm³/mol. The molecule has 5 N–H and O–H groups in total. The molecule has 1 fully saturated rings. The molecule has 212 valence electrons. The molecule has 1 aliphatic heterocycles. The van der Waals surface area contributed by atoms with E-state index in [-0.39, 0.29) is 34.3 Å². The van der Waals surface area contributed by atoms with Crippen LogP contribution in [0.25, 0.3) is 11.1 Å². The number of methoxy groups -OCH3 is 3. The van der Waals surface area contributed by atoms with Crippen LogP contribution in [0.5, 0.6) is 23.0 Å². The summed E-state index contributed by atoms with van der Waals surface area (Å²) in [6.45, 7) is 0.786. The van der Waals surface area contributed by atoms with Crippen LogP contribution in [0.2, 0.25) is 0 Å². The summed E-state index contributed by atoms with van der Waals surface area (Å²) in [5.41, 5.74) is 2.15. The molecule has 2 aromatic rings. The Balaban J connectivity index is 1.89. The highest BCUT2D eigenvalue weighted by atomic mass is 16.7. The molecular weight excluding hydrogens is 514 g/mol. The largest absolute Gasteiger partial charge is 0.493 e. The SMILES string of the molecule is COc1c(O[C@@H]2OC(CO)[C@@H](O)[C@@H](O)C2O)cc2c(c1OC)-c1ccc(OC)c(=O)cc1[C@@H](NC(C)=O)CC2. The number of ether oxygens (including phenoxy) is 5. The lowest BCUT2D eigenvalue weighted by Gasteiger charge is -2.39. The van der Waals surface area contributed by atoms with Gasteiger partial charge in [0.1, 0.15) is 24.4 Å². The molecule has 2 aliphatic rings. The molecule has 0 radical (unpaired) electrons. The average molecular weight is 548 g/mol. The summed E-state index contributed by atoms with van der Waals surface area (Å²) in [7, 11) is 4.23. The van der Waals surface area contributed by atoms with Crippen molar-refractivity contribution in [3.63, 3.8) is 0 Å². The van der Waals surface area contributed by atoms with Crippen LogP contribution in [0.1, 0.15) is 30.5 Å². The van der Waals surface area contributed by atoms with E-state index in [1.54, 1.807) is 18.2 Å². The number of benzene rings is 1. The number of aliphatic hydroxyl groups excluding tert-OH is 4. The van der Waals surface area contributed by atoms with Crippen molar-refractivity contribution >= 4 is 5.91 Å². The van der Waals surface area contributed by atoms with E-state index in [4.69, 9.17) is 23.7 Å². The van der Waals surface area contributed by atoms with Gasteiger partial charge in [-0.25, -0.2) is 0 Å². The highest BCUT2D eigenvalue weighted by Crippen LogP contribution is 2.50. The third-order valence-electron chi connectivity index (χ3n) is 6.97. The Morgan fingerprint density at radius 3 is 2.33 bits per heavy atom. The topological polar surface area (TPSA) is 173 Å². The van der Waals surface area contributed by atoms with Gasteiger partial charge in [-0.3, -0.25) is 9.59 Å². The Morgan fingerprint density at radius 1 is 1.00 bits per heavy atom. The van der Waals surface area contributed by atoms with Crippen LogP contribution in [0.3, 0.4) is 0 Å². The Labute approximate surface area is 224 Å². The van der Waals surface area contributed by atoms with Crippen LogP contribution in [-0.4, -0.2) is 85.0 Å². The lowest BCUT2D eigenvalue weighted by molar-refractivity contribution is -0.277. The van der Waals surface area contributed by atoms with Gasteiger partial charge in [0.15, 0.2) is 17.2 Å². The molecule has 12 nitrogen and oxygen atoms in total. The van der Waals surface area contributed by atoms with Crippen LogP contribution in [0.4, 0.5) is 0 Å². The average Bonchev–Trinajstić information content (AvgIpc) is 3.16. The summed E-state index contributed by atoms with van der Waals surface area (Å²) < 4.78 is 28.1. The first-order chi connectivity index (χ1) is 18.6. The smallest absolute Gasteiger partial charge is 0.229 e. The second-order valence-electron chi connectivity index (χ2n) is 9.36. The van der Waals surface area contributed by atoms with Crippen LogP contribution in [0, 0.1) is 0 Å². The van der Waals surface area contributed by atoms with Crippen molar-refractivity contribution in [1.29, 1.82) is 0 Å². The molecule has 6 atom stereocenters. The Hall–Kier alpha value is -3.42. The molecule has 0 bridgehead atoms. The summed E-state index contributed by atoms with van der Waals surface area (Å²) in [6.07, 6.45) is -6.56. The molecule has 0 aromatic heterocycles.